The Kier molecular flexibility index (Phi) is 3.33. The van der Waals surface area contributed by atoms with Crippen molar-refractivity contribution in [3.05, 3.63) is 63.9 Å². The first-order chi connectivity index (χ1) is 11.7. The second-order valence-corrected chi connectivity index (χ2v) is 5.72. The number of para-hydroxylation sites is 1. The number of aromatic nitrogens is 2. The maximum absolute atomic E-state index is 12.7. The molecule has 0 saturated heterocycles. The van der Waals surface area contributed by atoms with Crippen LogP contribution in [0.2, 0.25) is 5.02 Å². The molecule has 0 unspecified atom stereocenters. The molecular weight excluding hydrogens is 326 g/mol. The lowest BCUT2D eigenvalue weighted by Crippen LogP contribution is -2.16. The van der Waals surface area contributed by atoms with Crippen LogP contribution in [-0.2, 0) is 6.54 Å². The van der Waals surface area contributed by atoms with E-state index in [1.807, 2.05) is 30.3 Å². The molecular formula is C18H10ClN3O2. The highest BCUT2D eigenvalue weighted by atomic mass is 35.5. The van der Waals surface area contributed by atoms with Gasteiger partial charge in [0.1, 0.15) is 29.1 Å². The largest absolute Gasteiger partial charge is 0.455 e. The second kappa shape index (κ2) is 5.52. The molecule has 2 aromatic rings. The van der Waals surface area contributed by atoms with Gasteiger partial charge in [0.25, 0.3) is 5.56 Å². The van der Waals surface area contributed by atoms with E-state index in [0.29, 0.717) is 27.6 Å². The fraction of sp³-hybridized carbons (Fsp3) is 0.0556. The van der Waals surface area contributed by atoms with Crippen molar-refractivity contribution in [1.82, 2.24) is 9.78 Å². The summed E-state index contributed by atoms with van der Waals surface area (Å²) in [6.45, 7) is -0.109. The monoisotopic (exact) mass is 335 g/mol. The third-order valence-electron chi connectivity index (χ3n) is 3.81. The van der Waals surface area contributed by atoms with Crippen molar-refractivity contribution in [2.24, 2.45) is 0 Å². The fourth-order valence-electron chi connectivity index (χ4n) is 2.73. The highest BCUT2D eigenvalue weighted by Gasteiger charge is 2.25. The summed E-state index contributed by atoms with van der Waals surface area (Å²) >= 11 is 5.94. The summed E-state index contributed by atoms with van der Waals surface area (Å²) in [5.74, 6) is 0.426. The van der Waals surface area contributed by atoms with E-state index in [9.17, 15) is 4.79 Å². The zero-order valence-electron chi connectivity index (χ0n) is 12.4. The van der Waals surface area contributed by atoms with Gasteiger partial charge in [0.15, 0.2) is 0 Å². The summed E-state index contributed by atoms with van der Waals surface area (Å²) in [4.78, 5) is 12.7. The average molecular weight is 336 g/mol. The predicted octanol–water partition coefficient (Wildman–Crippen LogP) is 3.94. The van der Waals surface area contributed by atoms with Crippen molar-refractivity contribution >= 4 is 22.6 Å². The van der Waals surface area contributed by atoms with Crippen molar-refractivity contribution in [1.29, 1.82) is 5.26 Å². The molecule has 2 heterocycles. The molecule has 0 radical (unpaired) electrons. The van der Waals surface area contributed by atoms with Gasteiger partial charge in [0.2, 0.25) is 0 Å². The van der Waals surface area contributed by atoms with Crippen molar-refractivity contribution < 1.29 is 4.42 Å². The Morgan fingerprint density at radius 2 is 1.92 bits per heavy atom. The first-order valence-corrected chi connectivity index (χ1v) is 7.62. The molecule has 4 rings (SSSR count). The zero-order valence-corrected chi connectivity index (χ0v) is 13.1. The SMILES string of the molecule is N#CCn1nc2c3ccccc3oc(-c3ccc(Cl)cc3)c-2c1=O. The fourth-order valence-corrected chi connectivity index (χ4v) is 2.86. The Balaban J connectivity index is 2.13. The van der Waals surface area contributed by atoms with Gasteiger partial charge in [0, 0.05) is 16.0 Å². The normalized spacial score (nSPS) is 11.0. The van der Waals surface area contributed by atoms with Gasteiger partial charge in [-0.1, -0.05) is 23.7 Å². The summed E-state index contributed by atoms with van der Waals surface area (Å²) in [5, 5.41) is 14.6. The Morgan fingerprint density at radius 3 is 2.67 bits per heavy atom. The van der Waals surface area contributed by atoms with Crippen LogP contribution in [0.5, 0.6) is 0 Å². The van der Waals surface area contributed by atoms with Gasteiger partial charge in [-0.15, -0.1) is 0 Å². The molecule has 0 spiro atoms. The minimum atomic E-state index is -0.342. The zero-order chi connectivity index (χ0) is 16.7. The van der Waals surface area contributed by atoms with Crippen LogP contribution in [0, 0.1) is 11.3 Å². The molecule has 116 valence electrons. The highest BCUT2D eigenvalue weighted by Crippen LogP contribution is 2.36. The summed E-state index contributed by atoms with van der Waals surface area (Å²) in [6.07, 6.45) is 0. The van der Waals surface area contributed by atoms with E-state index in [1.54, 1.807) is 24.3 Å². The third kappa shape index (κ3) is 2.16. The lowest BCUT2D eigenvalue weighted by Gasteiger charge is -2.08. The lowest BCUT2D eigenvalue weighted by atomic mass is 10.0. The Hall–Kier alpha value is -3.10. The lowest BCUT2D eigenvalue weighted by molar-refractivity contribution is 0.621. The van der Waals surface area contributed by atoms with Gasteiger partial charge in [-0.25, -0.2) is 4.68 Å². The number of benzene rings is 2. The van der Waals surface area contributed by atoms with Gasteiger partial charge in [-0.2, -0.15) is 10.4 Å². The molecule has 2 aromatic carbocycles. The van der Waals surface area contributed by atoms with Crippen molar-refractivity contribution in [3.63, 3.8) is 0 Å². The molecule has 0 atom stereocenters. The average Bonchev–Trinajstić information content (AvgIpc) is 2.93. The van der Waals surface area contributed by atoms with Gasteiger partial charge >= 0.3 is 0 Å². The maximum Gasteiger partial charge on any atom is 0.281 e. The smallest absolute Gasteiger partial charge is 0.281 e. The standard InChI is InChI=1S/C18H10ClN3O2/c19-12-7-5-11(6-8-12)17-15-16(21-22(10-9-20)18(15)23)13-3-1-2-4-14(13)24-17/h1-8H,10H2. The first kappa shape index (κ1) is 14.5. The summed E-state index contributed by atoms with van der Waals surface area (Å²) in [5.41, 5.74) is 1.90. The van der Waals surface area contributed by atoms with E-state index in [1.165, 1.54) is 0 Å². The van der Waals surface area contributed by atoms with Crippen LogP contribution in [0.25, 0.3) is 33.6 Å². The van der Waals surface area contributed by atoms with Crippen molar-refractivity contribution in [2.75, 3.05) is 0 Å². The Labute approximate surface area is 141 Å². The van der Waals surface area contributed by atoms with Crippen LogP contribution in [0.3, 0.4) is 0 Å². The first-order valence-electron chi connectivity index (χ1n) is 7.24. The van der Waals surface area contributed by atoms with Gasteiger partial charge in [-0.3, -0.25) is 4.79 Å². The van der Waals surface area contributed by atoms with E-state index in [0.717, 1.165) is 15.6 Å². The van der Waals surface area contributed by atoms with Gasteiger partial charge in [-0.05, 0) is 36.4 Å². The number of fused-ring (bicyclic) bond motifs is 3. The number of hydrogen-bond donors (Lipinski definition) is 0. The molecule has 0 N–H and O–H groups in total. The van der Waals surface area contributed by atoms with Crippen LogP contribution in [0.15, 0.2) is 57.7 Å². The summed E-state index contributed by atoms with van der Waals surface area (Å²) in [6, 6.07) is 16.4. The van der Waals surface area contributed by atoms with Crippen LogP contribution < -0.4 is 5.56 Å². The van der Waals surface area contributed by atoms with Crippen LogP contribution in [0.1, 0.15) is 0 Å². The van der Waals surface area contributed by atoms with Gasteiger partial charge in [0.05, 0.1) is 6.07 Å². The molecule has 0 amide bonds. The number of nitriles is 1. The molecule has 0 saturated carbocycles. The van der Waals surface area contributed by atoms with E-state index in [4.69, 9.17) is 21.3 Å². The molecule has 0 fully saturated rings. The molecule has 0 bridgehead atoms. The quantitative estimate of drug-likeness (QED) is 0.556. The molecule has 0 aliphatic carbocycles. The van der Waals surface area contributed by atoms with Crippen LogP contribution in [0.4, 0.5) is 0 Å². The van der Waals surface area contributed by atoms with E-state index >= 15 is 0 Å². The molecule has 0 aromatic heterocycles. The van der Waals surface area contributed by atoms with E-state index in [-0.39, 0.29) is 12.1 Å². The summed E-state index contributed by atoms with van der Waals surface area (Å²) in [7, 11) is 0. The van der Waals surface area contributed by atoms with Crippen LogP contribution >= 0.6 is 11.6 Å². The summed E-state index contributed by atoms with van der Waals surface area (Å²) < 4.78 is 7.15. The van der Waals surface area contributed by atoms with Crippen LogP contribution in [-0.4, -0.2) is 9.78 Å². The number of rotatable bonds is 2. The second-order valence-electron chi connectivity index (χ2n) is 5.28. The Morgan fingerprint density at radius 1 is 1.17 bits per heavy atom. The molecule has 2 aliphatic heterocycles. The number of halogens is 1. The minimum absolute atomic E-state index is 0.109. The van der Waals surface area contributed by atoms with E-state index < -0.39 is 0 Å². The van der Waals surface area contributed by atoms with E-state index in [2.05, 4.69) is 5.10 Å². The minimum Gasteiger partial charge on any atom is -0.455 e. The molecule has 5 nitrogen and oxygen atoms in total. The third-order valence-corrected chi connectivity index (χ3v) is 4.07. The highest BCUT2D eigenvalue weighted by molar-refractivity contribution is 6.30. The van der Waals surface area contributed by atoms with Gasteiger partial charge < -0.3 is 4.42 Å². The Bertz CT molecular complexity index is 1120. The molecule has 6 heteroatoms. The number of hydrogen-bond acceptors (Lipinski definition) is 4. The number of nitrogens with zero attached hydrogens (tertiary/aromatic N) is 3. The molecule has 24 heavy (non-hydrogen) atoms. The predicted molar refractivity (Wildman–Crippen MR) is 91.0 cm³/mol. The molecule has 2 aliphatic rings. The van der Waals surface area contributed by atoms with Crippen molar-refractivity contribution in [2.45, 2.75) is 6.54 Å². The van der Waals surface area contributed by atoms with Crippen molar-refractivity contribution in [3.8, 4) is 28.7 Å². The topological polar surface area (TPSA) is 71.8 Å². The maximum atomic E-state index is 12.7.